The number of aromatic nitrogens is 1. The van der Waals surface area contributed by atoms with E-state index in [2.05, 4.69) is 9.98 Å². The van der Waals surface area contributed by atoms with E-state index >= 15 is 0 Å². The standard InChI is InChI=1S/C23H20F4N2O.C2H6O.2C2H6.H2O/c1-12-3-7-18(14-4-6-17(24)13(2)9-14)29-22(12)19-8-5-16-20(28-19)10-15(11-21(16)30)23(25,26)27;1-2-3;2*1-2;/h3-4,6-7,9-10,21,30H,5,8,11H2,1-2H3;3H,2H2,1H3;2*1-2H3;1H2. The molecule has 1 aromatic heterocycles. The van der Waals surface area contributed by atoms with Gasteiger partial charge in [0.25, 0.3) is 0 Å². The molecule has 4 N–H and O–H groups in total. The Kier molecular flexibility index (Phi) is 14.9. The Hall–Kier alpha value is -2.88. The van der Waals surface area contributed by atoms with Crippen LogP contribution in [0.3, 0.4) is 0 Å². The molecular weight excluding hydrogens is 500 g/mol. The van der Waals surface area contributed by atoms with Crippen molar-refractivity contribution in [1.29, 1.82) is 0 Å². The number of rotatable bonds is 2. The van der Waals surface area contributed by atoms with Crippen molar-refractivity contribution in [2.75, 3.05) is 6.61 Å². The molecule has 1 aliphatic carbocycles. The molecular formula is C29H40F4N2O3. The van der Waals surface area contributed by atoms with Crippen molar-refractivity contribution in [1.82, 2.24) is 4.98 Å². The van der Waals surface area contributed by atoms with E-state index in [0.717, 1.165) is 17.2 Å². The quantitative estimate of drug-likeness (QED) is 0.409. The highest BCUT2D eigenvalue weighted by molar-refractivity contribution is 6.02. The molecule has 0 saturated heterocycles. The first-order valence-corrected chi connectivity index (χ1v) is 12.7. The minimum atomic E-state index is -4.50. The summed E-state index contributed by atoms with van der Waals surface area (Å²) in [6.45, 7) is 13.5. The van der Waals surface area contributed by atoms with E-state index in [1.165, 1.54) is 6.07 Å². The fourth-order valence-corrected chi connectivity index (χ4v) is 3.83. The molecule has 2 heterocycles. The van der Waals surface area contributed by atoms with Crippen LogP contribution >= 0.6 is 0 Å². The fourth-order valence-electron chi connectivity index (χ4n) is 3.83. The van der Waals surface area contributed by atoms with Gasteiger partial charge in [-0.05, 0) is 80.7 Å². The molecule has 1 aliphatic heterocycles. The second kappa shape index (κ2) is 16.2. The number of aryl methyl sites for hydroxylation is 2. The van der Waals surface area contributed by atoms with Crippen molar-refractivity contribution in [2.45, 2.75) is 80.0 Å². The molecule has 9 heteroatoms. The average Bonchev–Trinajstić information content (AvgIpc) is 2.88. The largest absolute Gasteiger partial charge is 0.412 e. The van der Waals surface area contributed by atoms with Crippen molar-refractivity contribution < 1.29 is 33.3 Å². The summed E-state index contributed by atoms with van der Waals surface area (Å²) in [4.78, 5) is 9.13. The predicted octanol–water partition coefficient (Wildman–Crippen LogP) is 6.82. The zero-order valence-corrected chi connectivity index (χ0v) is 23.2. The van der Waals surface area contributed by atoms with E-state index < -0.39 is 24.3 Å². The molecule has 0 radical (unpaired) electrons. The highest BCUT2D eigenvalue weighted by Gasteiger charge is 2.39. The zero-order valence-electron chi connectivity index (χ0n) is 23.2. The molecule has 2 aliphatic rings. The lowest BCUT2D eigenvalue weighted by molar-refractivity contribution is -0.0969. The number of hydrogen-bond acceptors (Lipinski definition) is 4. The highest BCUT2D eigenvalue weighted by atomic mass is 19.4. The number of benzene rings is 1. The first-order valence-electron chi connectivity index (χ1n) is 12.7. The Bertz CT molecular complexity index is 1140. The molecule has 0 spiro atoms. The molecule has 0 fully saturated rings. The summed E-state index contributed by atoms with van der Waals surface area (Å²) in [5.41, 5.74) is 3.84. The summed E-state index contributed by atoms with van der Waals surface area (Å²) >= 11 is 0. The van der Waals surface area contributed by atoms with Gasteiger partial charge in [-0.3, -0.25) is 4.99 Å². The van der Waals surface area contributed by atoms with Crippen molar-refractivity contribution in [3.63, 3.8) is 0 Å². The van der Waals surface area contributed by atoms with Gasteiger partial charge < -0.3 is 15.7 Å². The number of hydrogen-bond donors (Lipinski definition) is 2. The van der Waals surface area contributed by atoms with E-state index in [1.807, 2.05) is 46.8 Å². The summed E-state index contributed by atoms with van der Waals surface area (Å²) in [5, 5.41) is 17.7. The lowest BCUT2D eigenvalue weighted by Crippen LogP contribution is -2.26. The molecule has 0 amide bonds. The van der Waals surface area contributed by atoms with Crippen LogP contribution < -0.4 is 0 Å². The van der Waals surface area contributed by atoms with Gasteiger partial charge in [0.1, 0.15) is 5.82 Å². The van der Waals surface area contributed by atoms with Crippen LogP contribution in [0.25, 0.3) is 11.3 Å². The molecule has 38 heavy (non-hydrogen) atoms. The van der Waals surface area contributed by atoms with E-state index in [-0.39, 0.29) is 23.6 Å². The Morgan fingerprint density at radius 2 is 1.58 bits per heavy atom. The van der Waals surface area contributed by atoms with Crippen LogP contribution in [-0.4, -0.2) is 45.3 Å². The minimum absolute atomic E-state index is 0. The molecule has 1 unspecified atom stereocenters. The van der Waals surface area contributed by atoms with E-state index in [9.17, 15) is 22.7 Å². The van der Waals surface area contributed by atoms with Crippen LogP contribution in [0.1, 0.15) is 70.7 Å². The first-order chi connectivity index (χ1) is 17.5. The number of nitrogens with zero attached hydrogens (tertiary/aromatic N) is 2. The van der Waals surface area contributed by atoms with Crippen LogP contribution in [0.15, 0.2) is 58.2 Å². The average molecular weight is 541 g/mol. The van der Waals surface area contributed by atoms with Gasteiger partial charge in [0.2, 0.25) is 0 Å². The van der Waals surface area contributed by atoms with Crippen LogP contribution in [-0.2, 0) is 0 Å². The van der Waals surface area contributed by atoms with Gasteiger partial charge in [-0.15, -0.1) is 0 Å². The third kappa shape index (κ3) is 8.85. The number of halogens is 4. The second-order valence-electron chi connectivity index (χ2n) is 8.00. The van der Waals surface area contributed by atoms with Crippen molar-refractivity contribution in [3.8, 4) is 11.3 Å². The van der Waals surface area contributed by atoms with E-state index in [0.29, 0.717) is 41.1 Å². The number of alkyl halides is 3. The Labute approximate surface area is 223 Å². The van der Waals surface area contributed by atoms with E-state index in [4.69, 9.17) is 5.11 Å². The number of aliphatic hydroxyl groups is 2. The third-order valence-electron chi connectivity index (χ3n) is 5.53. The summed E-state index contributed by atoms with van der Waals surface area (Å²) in [6.07, 6.45) is -4.17. The van der Waals surface area contributed by atoms with Gasteiger partial charge in [0.05, 0.1) is 28.9 Å². The number of pyridine rings is 1. The molecule has 2 aromatic rings. The maximum absolute atomic E-state index is 13.6. The van der Waals surface area contributed by atoms with Gasteiger partial charge in [-0.1, -0.05) is 33.8 Å². The number of aliphatic hydroxyl groups excluding tert-OH is 2. The molecule has 1 atom stereocenters. The lowest BCUT2D eigenvalue weighted by atomic mass is 9.87. The summed E-state index contributed by atoms with van der Waals surface area (Å²) in [5.74, 6) is -0.301. The van der Waals surface area contributed by atoms with Crippen LogP contribution in [0.5, 0.6) is 0 Å². The minimum Gasteiger partial charge on any atom is -0.412 e. The molecule has 0 bridgehead atoms. The van der Waals surface area contributed by atoms with Crippen molar-refractivity contribution >= 4 is 5.71 Å². The Morgan fingerprint density at radius 1 is 0.974 bits per heavy atom. The monoisotopic (exact) mass is 540 g/mol. The smallest absolute Gasteiger partial charge is 0.412 e. The van der Waals surface area contributed by atoms with Crippen molar-refractivity contribution in [3.05, 3.63) is 75.9 Å². The Morgan fingerprint density at radius 3 is 2.13 bits per heavy atom. The van der Waals surface area contributed by atoms with Crippen molar-refractivity contribution in [2.24, 2.45) is 4.99 Å². The maximum atomic E-state index is 13.6. The molecule has 0 saturated carbocycles. The van der Waals surface area contributed by atoms with Crippen LogP contribution in [0, 0.1) is 19.7 Å². The summed E-state index contributed by atoms with van der Waals surface area (Å²) in [7, 11) is 0. The fraction of sp³-hybridized carbons (Fsp3) is 0.448. The first kappa shape index (κ1) is 35.1. The van der Waals surface area contributed by atoms with Gasteiger partial charge in [0.15, 0.2) is 0 Å². The van der Waals surface area contributed by atoms with Gasteiger partial charge in [-0.2, -0.15) is 13.2 Å². The SMILES string of the molecule is CC.CC.CCO.Cc1cc(-c2ccc(C)c(C3=NC4=C(CC3)C(O)CC(C(F)(F)F)=C4)n2)ccc1F.O. The number of aliphatic imine (C=N–C) groups is 1. The molecule has 4 rings (SSSR count). The summed E-state index contributed by atoms with van der Waals surface area (Å²) < 4.78 is 53.1. The lowest BCUT2D eigenvalue weighted by Gasteiger charge is -2.28. The van der Waals surface area contributed by atoms with E-state index in [1.54, 1.807) is 26.0 Å². The molecule has 5 nitrogen and oxygen atoms in total. The zero-order chi connectivity index (χ0) is 28.3. The number of allylic oxidation sites excluding steroid dienone is 1. The maximum Gasteiger partial charge on any atom is 0.412 e. The Balaban J connectivity index is 0.00000157. The third-order valence-corrected chi connectivity index (χ3v) is 5.53. The van der Waals surface area contributed by atoms with Gasteiger partial charge in [-0.25, -0.2) is 9.37 Å². The van der Waals surface area contributed by atoms with Crippen LogP contribution in [0.2, 0.25) is 0 Å². The molecule has 1 aromatic carbocycles. The second-order valence-corrected chi connectivity index (χ2v) is 8.00. The topological polar surface area (TPSA) is 97.2 Å². The predicted molar refractivity (Wildman–Crippen MR) is 146 cm³/mol. The van der Waals surface area contributed by atoms with Crippen LogP contribution in [0.4, 0.5) is 17.6 Å². The molecule has 212 valence electrons. The van der Waals surface area contributed by atoms with Gasteiger partial charge >= 0.3 is 6.18 Å². The highest BCUT2D eigenvalue weighted by Crippen LogP contribution is 2.39. The normalized spacial score (nSPS) is 16.1. The summed E-state index contributed by atoms with van der Waals surface area (Å²) in [6, 6.07) is 8.42. The van der Waals surface area contributed by atoms with Gasteiger partial charge in [0, 0.05) is 24.2 Å².